The molecule has 2 heterocycles. The van der Waals surface area contributed by atoms with Crippen LogP contribution in [0.4, 0.5) is 4.39 Å². The van der Waals surface area contributed by atoms with Gasteiger partial charge in [-0.25, -0.2) is 12.8 Å². The molecule has 1 aliphatic heterocycles. The van der Waals surface area contributed by atoms with Gasteiger partial charge in [-0.2, -0.15) is 4.31 Å². The fourth-order valence-corrected chi connectivity index (χ4v) is 6.44. The van der Waals surface area contributed by atoms with E-state index < -0.39 is 28.3 Å². The number of halogens is 3. The van der Waals surface area contributed by atoms with Gasteiger partial charge in [-0.3, -0.25) is 9.69 Å². The Morgan fingerprint density at radius 2 is 1.77 bits per heavy atom. The maximum Gasteiger partial charge on any atom is 0.245 e. The number of ether oxygens (including phenoxy) is 1. The number of carbonyl (C=O) groups excluding carboxylic acids is 1. The molecule has 12 heteroatoms. The van der Waals surface area contributed by atoms with Crippen LogP contribution in [0, 0.1) is 5.82 Å². The summed E-state index contributed by atoms with van der Waals surface area (Å²) in [4.78, 5) is 17.2. The number of amides is 1. The molecule has 0 radical (unpaired) electrons. The predicted molar refractivity (Wildman–Crippen MR) is 146 cm³/mol. The smallest absolute Gasteiger partial charge is 0.245 e. The molecule has 0 bridgehead atoms. The third-order valence-electron chi connectivity index (χ3n) is 6.37. The van der Waals surface area contributed by atoms with E-state index in [0.29, 0.717) is 37.5 Å². The van der Waals surface area contributed by atoms with E-state index in [1.807, 2.05) is 0 Å². The van der Waals surface area contributed by atoms with Gasteiger partial charge in [0.1, 0.15) is 16.5 Å². The lowest BCUT2D eigenvalue weighted by Crippen LogP contribution is -2.44. The quantitative estimate of drug-likeness (QED) is 0.302. The van der Waals surface area contributed by atoms with Gasteiger partial charge in [0, 0.05) is 31.2 Å². The van der Waals surface area contributed by atoms with Crippen molar-refractivity contribution in [1.82, 2.24) is 14.1 Å². The largest absolute Gasteiger partial charge is 0.467 e. The van der Waals surface area contributed by atoms with Crippen LogP contribution in [-0.4, -0.2) is 74.4 Å². The second-order valence-corrected chi connectivity index (χ2v) is 11.9. The van der Waals surface area contributed by atoms with Crippen LogP contribution in [0.25, 0.3) is 0 Å². The van der Waals surface area contributed by atoms with Crippen LogP contribution in [-0.2, 0) is 32.6 Å². The zero-order chi connectivity index (χ0) is 27.8. The first-order chi connectivity index (χ1) is 18.7. The summed E-state index contributed by atoms with van der Waals surface area (Å²) in [6, 6.07) is 13.4. The maximum absolute atomic E-state index is 13.8. The number of morpholine rings is 1. The lowest BCUT2D eigenvalue weighted by Gasteiger charge is -2.29. The highest BCUT2D eigenvalue weighted by Crippen LogP contribution is 2.28. The number of benzene rings is 2. The maximum atomic E-state index is 13.8. The number of carbonyl (C=O) groups is 1. The number of furan rings is 1. The molecule has 1 amide bonds. The molecule has 1 aromatic heterocycles. The molecule has 0 atom stereocenters. The molecule has 210 valence electrons. The highest BCUT2D eigenvalue weighted by Gasteiger charge is 2.31. The minimum absolute atomic E-state index is 0.0174. The molecule has 0 aliphatic carbocycles. The van der Waals surface area contributed by atoms with Crippen molar-refractivity contribution in [3.8, 4) is 0 Å². The van der Waals surface area contributed by atoms with Gasteiger partial charge in [0.15, 0.2) is 0 Å². The van der Waals surface area contributed by atoms with Crippen LogP contribution in [0.15, 0.2) is 70.2 Å². The molecule has 2 aromatic carbocycles. The molecule has 4 rings (SSSR count). The van der Waals surface area contributed by atoms with E-state index in [1.165, 1.54) is 41.5 Å². The third kappa shape index (κ3) is 8.26. The molecule has 0 N–H and O–H groups in total. The third-order valence-corrected chi connectivity index (χ3v) is 8.94. The molecule has 39 heavy (non-hydrogen) atoms. The second kappa shape index (κ2) is 13.7. The van der Waals surface area contributed by atoms with Crippen LogP contribution in [0.1, 0.15) is 17.7 Å². The van der Waals surface area contributed by atoms with E-state index in [9.17, 15) is 17.6 Å². The minimum Gasteiger partial charge on any atom is -0.467 e. The summed E-state index contributed by atoms with van der Waals surface area (Å²) in [5.41, 5.74) is 0.691. The summed E-state index contributed by atoms with van der Waals surface area (Å²) in [5, 5.41) is 0.233. The molecule has 0 unspecified atom stereocenters. The van der Waals surface area contributed by atoms with Crippen molar-refractivity contribution >= 4 is 39.1 Å². The standard InChI is InChI=1S/C27H30Cl2FN3O5S/c28-22-6-9-25(29)26(17-22)39(35,36)33(11-2-10-31-12-15-37-16-13-31)20-27(34)32(19-24-3-1-14-38-24)18-21-4-7-23(30)8-5-21/h1,3-9,14,17H,2,10-13,15-16,18-20H2. The van der Waals surface area contributed by atoms with Gasteiger partial charge >= 0.3 is 0 Å². The van der Waals surface area contributed by atoms with E-state index in [1.54, 1.807) is 24.3 Å². The van der Waals surface area contributed by atoms with Crippen LogP contribution < -0.4 is 0 Å². The molecule has 0 saturated carbocycles. The number of hydrogen-bond acceptors (Lipinski definition) is 6. The summed E-state index contributed by atoms with van der Waals surface area (Å²) < 4.78 is 53.0. The Balaban J connectivity index is 1.57. The Hall–Kier alpha value is -2.47. The Kier molecular flexibility index (Phi) is 10.4. The van der Waals surface area contributed by atoms with Crippen LogP contribution in [0.5, 0.6) is 0 Å². The summed E-state index contributed by atoms with van der Waals surface area (Å²) in [7, 11) is -4.17. The summed E-state index contributed by atoms with van der Waals surface area (Å²) in [6.45, 7) is 3.37. The lowest BCUT2D eigenvalue weighted by atomic mass is 10.2. The van der Waals surface area contributed by atoms with Gasteiger partial charge in [0.05, 0.1) is 37.6 Å². The topological polar surface area (TPSA) is 83.3 Å². The van der Waals surface area contributed by atoms with Gasteiger partial charge in [0.2, 0.25) is 15.9 Å². The number of nitrogens with zero attached hydrogens (tertiary/aromatic N) is 3. The first kappa shape index (κ1) is 29.5. The van der Waals surface area contributed by atoms with E-state index in [-0.39, 0.29) is 34.6 Å². The van der Waals surface area contributed by atoms with Crippen molar-refractivity contribution in [2.45, 2.75) is 24.4 Å². The van der Waals surface area contributed by atoms with Crippen molar-refractivity contribution < 1.29 is 26.8 Å². The van der Waals surface area contributed by atoms with Gasteiger partial charge in [-0.05, 0) is 61.0 Å². The molecular formula is C27H30Cl2FN3O5S. The SMILES string of the molecule is O=C(CN(CCCN1CCOCC1)S(=O)(=O)c1cc(Cl)ccc1Cl)N(Cc1ccc(F)cc1)Cc1ccco1. The Morgan fingerprint density at radius 1 is 1.03 bits per heavy atom. The van der Waals surface area contributed by atoms with Gasteiger partial charge in [-0.15, -0.1) is 0 Å². The summed E-state index contributed by atoms with van der Waals surface area (Å²) >= 11 is 12.4. The fourth-order valence-electron chi connectivity index (χ4n) is 4.28. The first-order valence-electron chi connectivity index (χ1n) is 12.5. The Labute approximate surface area is 237 Å². The van der Waals surface area contributed by atoms with E-state index in [0.717, 1.165) is 17.4 Å². The van der Waals surface area contributed by atoms with Crippen LogP contribution >= 0.6 is 23.2 Å². The normalized spacial score (nSPS) is 14.6. The zero-order valence-electron chi connectivity index (χ0n) is 21.3. The Bertz CT molecular complexity index is 1330. The van der Waals surface area contributed by atoms with Crippen molar-refractivity contribution in [3.05, 3.63) is 88.0 Å². The average Bonchev–Trinajstić information content (AvgIpc) is 3.44. The molecule has 1 saturated heterocycles. The van der Waals surface area contributed by atoms with E-state index >= 15 is 0 Å². The lowest BCUT2D eigenvalue weighted by molar-refractivity contribution is -0.133. The van der Waals surface area contributed by atoms with Crippen molar-refractivity contribution in [3.63, 3.8) is 0 Å². The average molecular weight is 599 g/mol. The number of hydrogen-bond donors (Lipinski definition) is 0. The summed E-state index contributed by atoms with van der Waals surface area (Å²) in [6.07, 6.45) is 2.00. The zero-order valence-corrected chi connectivity index (χ0v) is 23.6. The predicted octanol–water partition coefficient (Wildman–Crippen LogP) is 4.67. The molecule has 8 nitrogen and oxygen atoms in total. The van der Waals surface area contributed by atoms with Crippen LogP contribution in [0.3, 0.4) is 0 Å². The highest BCUT2D eigenvalue weighted by molar-refractivity contribution is 7.89. The van der Waals surface area contributed by atoms with Crippen molar-refractivity contribution in [1.29, 1.82) is 0 Å². The molecule has 1 aliphatic rings. The molecule has 3 aromatic rings. The highest BCUT2D eigenvalue weighted by atomic mass is 35.5. The van der Waals surface area contributed by atoms with E-state index in [4.69, 9.17) is 32.4 Å². The van der Waals surface area contributed by atoms with Gasteiger partial charge < -0.3 is 14.1 Å². The number of sulfonamides is 1. The van der Waals surface area contributed by atoms with Gasteiger partial charge in [0.25, 0.3) is 0 Å². The molecule has 1 fully saturated rings. The number of rotatable bonds is 12. The van der Waals surface area contributed by atoms with Crippen molar-refractivity contribution in [2.24, 2.45) is 0 Å². The summed E-state index contributed by atoms with van der Waals surface area (Å²) in [5.74, 6) is -0.299. The van der Waals surface area contributed by atoms with Crippen LogP contribution in [0.2, 0.25) is 10.0 Å². The fraction of sp³-hybridized carbons (Fsp3) is 0.370. The van der Waals surface area contributed by atoms with Crippen molar-refractivity contribution in [2.75, 3.05) is 45.9 Å². The monoisotopic (exact) mass is 597 g/mol. The van der Waals surface area contributed by atoms with E-state index in [2.05, 4.69) is 4.90 Å². The Morgan fingerprint density at radius 3 is 2.46 bits per heavy atom. The second-order valence-electron chi connectivity index (χ2n) is 9.18. The molecule has 0 spiro atoms. The minimum atomic E-state index is -4.17. The van der Waals surface area contributed by atoms with Gasteiger partial charge in [-0.1, -0.05) is 35.3 Å². The first-order valence-corrected chi connectivity index (χ1v) is 14.7. The molecular weight excluding hydrogens is 568 g/mol.